The minimum Gasteiger partial charge on any atom is -0.542 e. The molecule has 6 heteroatoms. The highest BCUT2D eigenvalue weighted by Crippen LogP contribution is 2.00. The average molecular weight is 258 g/mol. The number of hydrogen-bond acceptors (Lipinski definition) is 6. The van der Waals surface area contributed by atoms with E-state index in [0.717, 1.165) is 6.42 Å². The lowest BCUT2D eigenvalue weighted by atomic mass is 10.0. The smallest absolute Gasteiger partial charge is 0.181 e. The molecule has 18 heavy (non-hydrogen) atoms. The van der Waals surface area contributed by atoms with Crippen molar-refractivity contribution in [1.82, 2.24) is 0 Å². The zero-order chi connectivity index (χ0) is 14.7. The van der Waals surface area contributed by atoms with Gasteiger partial charge in [0.1, 0.15) is 11.9 Å². The average Bonchev–Trinajstić information content (AvgIpc) is 2.34. The molecular formula is C12H18O6-2. The Morgan fingerprint density at radius 1 is 1.00 bits per heavy atom. The van der Waals surface area contributed by atoms with E-state index < -0.39 is 29.4 Å². The number of carboxylic acids is 2. The number of ketones is 2. The molecular weight excluding hydrogens is 240 g/mol. The lowest BCUT2D eigenvalue weighted by molar-refractivity contribution is -0.301. The van der Waals surface area contributed by atoms with E-state index in [2.05, 4.69) is 0 Å². The fraction of sp³-hybridized carbons (Fsp3) is 0.667. The molecule has 0 amide bonds. The number of carboxylic acid groups (broad SMARTS) is 2. The van der Waals surface area contributed by atoms with Gasteiger partial charge in [-0.05, 0) is 12.8 Å². The molecule has 0 saturated heterocycles. The molecule has 0 fully saturated rings. The summed E-state index contributed by atoms with van der Waals surface area (Å²) in [5.41, 5.74) is 0. The summed E-state index contributed by atoms with van der Waals surface area (Å²) in [5, 5.41) is 19.6. The van der Waals surface area contributed by atoms with Gasteiger partial charge >= 0.3 is 0 Å². The quantitative estimate of drug-likeness (QED) is 0.532. The van der Waals surface area contributed by atoms with E-state index in [4.69, 9.17) is 0 Å². The lowest BCUT2D eigenvalue weighted by Crippen LogP contribution is -2.35. The monoisotopic (exact) mass is 258 g/mol. The third kappa shape index (κ3) is 9.50. The van der Waals surface area contributed by atoms with Crippen molar-refractivity contribution in [3.63, 3.8) is 0 Å². The SMILES string of the molecule is CCC(C)C(=O)C(=O)[O-].CCCCC(=O)C(=O)[O-]. The minimum absolute atomic E-state index is 0.110. The van der Waals surface area contributed by atoms with Gasteiger partial charge in [0.15, 0.2) is 11.6 Å². The number of aliphatic carboxylic acids is 2. The Balaban J connectivity index is 0. The van der Waals surface area contributed by atoms with Crippen LogP contribution in [-0.2, 0) is 19.2 Å². The van der Waals surface area contributed by atoms with Gasteiger partial charge in [-0.25, -0.2) is 0 Å². The van der Waals surface area contributed by atoms with Crippen LogP contribution in [0.1, 0.15) is 46.5 Å². The van der Waals surface area contributed by atoms with Crippen LogP contribution in [0.2, 0.25) is 0 Å². The highest BCUT2D eigenvalue weighted by atomic mass is 16.4. The molecule has 0 radical (unpaired) electrons. The largest absolute Gasteiger partial charge is 0.542 e. The van der Waals surface area contributed by atoms with E-state index in [-0.39, 0.29) is 6.42 Å². The number of hydrogen-bond donors (Lipinski definition) is 0. The second-order valence-electron chi connectivity index (χ2n) is 3.78. The van der Waals surface area contributed by atoms with Crippen LogP contribution in [0, 0.1) is 5.92 Å². The van der Waals surface area contributed by atoms with Crippen LogP contribution in [-0.4, -0.2) is 23.5 Å². The molecule has 0 aliphatic heterocycles. The molecule has 0 aromatic carbocycles. The number of rotatable bonds is 7. The summed E-state index contributed by atoms with van der Waals surface area (Å²) < 4.78 is 0. The van der Waals surface area contributed by atoms with Crippen molar-refractivity contribution in [3.8, 4) is 0 Å². The Bertz CT molecular complexity index is 308. The number of carbonyl (C=O) groups is 4. The molecule has 0 aromatic heterocycles. The molecule has 0 spiro atoms. The highest BCUT2D eigenvalue weighted by molar-refractivity contribution is 6.32. The summed E-state index contributed by atoms with van der Waals surface area (Å²) in [6.45, 7) is 5.21. The molecule has 104 valence electrons. The molecule has 6 nitrogen and oxygen atoms in total. The van der Waals surface area contributed by atoms with Crippen molar-refractivity contribution in [2.24, 2.45) is 5.92 Å². The van der Waals surface area contributed by atoms with Crippen molar-refractivity contribution < 1.29 is 29.4 Å². The second-order valence-corrected chi connectivity index (χ2v) is 3.78. The molecule has 0 heterocycles. The molecule has 0 rings (SSSR count). The molecule has 0 saturated carbocycles. The summed E-state index contributed by atoms with van der Waals surface area (Å²) in [4.78, 5) is 40.2. The third-order valence-corrected chi connectivity index (χ3v) is 2.25. The van der Waals surface area contributed by atoms with Gasteiger partial charge in [-0.1, -0.05) is 27.2 Å². The topological polar surface area (TPSA) is 114 Å². The fourth-order valence-electron chi connectivity index (χ4n) is 0.826. The molecule has 0 aromatic rings. The zero-order valence-electron chi connectivity index (χ0n) is 10.9. The molecule has 0 aliphatic rings. The first kappa shape index (κ1) is 18.6. The van der Waals surface area contributed by atoms with E-state index in [1.165, 1.54) is 0 Å². The van der Waals surface area contributed by atoms with Crippen molar-refractivity contribution in [2.75, 3.05) is 0 Å². The Morgan fingerprint density at radius 3 is 1.72 bits per heavy atom. The predicted molar refractivity (Wildman–Crippen MR) is 59.0 cm³/mol. The van der Waals surface area contributed by atoms with Crippen molar-refractivity contribution in [1.29, 1.82) is 0 Å². The van der Waals surface area contributed by atoms with Crippen LogP contribution in [0.15, 0.2) is 0 Å². The van der Waals surface area contributed by atoms with Gasteiger partial charge in [0.05, 0.1) is 0 Å². The van der Waals surface area contributed by atoms with Crippen LogP contribution >= 0.6 is 0 Å². The standard InChI is InChI=1S/2C6H10O3/c1-3-4(2)5(7)6(8)9;1-2-3-4-5(7)6(8)9/h4H,3H2,1-2H3,(H,8,9);2-4H2,1H3,(H,8,9)/p-2. The zero-order valence-corrected chi connectivity index (χ0v) is 10.9. The maximum absolute atomic E-state index is 10.4. The molecule has 0 N–H and O–H groups in total. The van der Waals surface area contributed by atoms with Crippen molar-refractivity contribution in [3.05, 3.63) is 0 Å². The Morgan fingerprint density at radius 2 is 1.50 bits per heavy atom. The first-order valence-electron chi connectivity index (χ1n) is 5.77. The van der Waals surface area contributed by atoms with Crippen LogP contribution in [0.25, 0.3) is 0 Å². The van der Waals surface area contributed by atoms with Gasteiger partial charge in [-0.15, -0.1) is 0 Å². The number of unbranched alkanes of at least 4 members (excludes halogenated alkanes) is 1. The summed E-state index contributed by atoms with van der Waals surface area (Å²) in [6.07, 6.45) is 2.12. The van der Waals surface area contributed by atoms with Gasteiger partial charge in [-0.2, -0.15) is 0 Å². The Kier molecular flexibility index (Phi) is 10.8. The van der Waals surface area contributed by atoms with Crippen LogP contribution in [0.3, 0.4) is 0 Å². The summed E-state index contributed by atoms with van der Waals surface area (Å²) >= 11 is 0. The van der Waals surface area contributed by atoms with Crippen molar-refractivity contribution in [2.45, 2.75) is 46.5 Å². The van der Waals surface area contributed by atoms with Gasteiger partial charge in [0.25, 0.3) is 0 Å². The van der Waals surface area contributed by atoms with E-state index in [1.54, 1.807) is 13.8 Å². The van der Waals surface area contributed by atoms with Gasteiger partial charge < -0.3 is 19.8 Å². The van der Waals surface area contributed by atoms with E-state index in [1.807, 2.05) is 6.92 Å². The second kappa shape index (κ2) is 10.4. The maximum atomic E-state index is 10.4. The minimum atomic E-state index is -1.58. The predicted octanol–water partition coefficient (Wildman–Crippen LogP) is -1.15. The summed E-state index contributed by atoms with van der Waals surface area (Å²) in [7, 11) is 0. The van der Waals surface area contributed by atoms with Gasteiger partial charge in [-0.3, -0.25) is 9.59 Å². The first-order valence-corrected chi connectivity index (χ1v) is 5.77. The third-order valence-electron chi connectivity index (χ3n) is 2.25. The normalized spacial score (nSPS) is 10.8. The Hall–Kier alpha value is -1.72. The lowest BCUT2D eigenvalue weighted by Gasteiger charge is -2.05. The van der Waals surface area contributed by atoms with E-state index >= 15 is 0 Å². The van der Waals surface area contributed by atoms with Gasteiger partial charge in [0.2, 0.25) is 0 Å². The highest BCUT2D eigenvalue weighted by Gasteiger charge is 2.10. The van der Waals surface area contributed by atoms with E-state index in [0.29, 0.717) is 12.8 Å². The fourth-order valence-corrected chi connectivity index (χ4v) is 0.826. The van der Waals surface area contributed by atoms with Crippen LogP contribution in [0.4, 0.5) is 0 Å². The van der Waals surface area contributed by atoms with Crippen LogP contribution in [0.5, 0.6) is 0 Å². The Labute approximate surface area is 106 Å². The summed E-state index contributed by atoms with van der Waals surface area (Å²) in [5.74, 6) is -5.16. The van der Waals surface area contributed by atoms with Gasteiger partial charge in [0, 0.05) is 12.3 Å². The number of Topliss-reactive ketones (excluding diaryl/α,β-unsaturated/α-hetero) is 2. The van der Waals surface area contributed by atoms with E-state index in [9.17, 15) is 29.4 Å². The van der Waals surface area contributed by atoms with Crippen molar-refractivity contribution >= 4 is 23.5 Å². The molecule has 0 aliphatic carbocycles. The maximum Gasteiger partial charge on any atom is 0.181 e. The van der Waals surface area contributed by atoms with Crippen LogP contribution < -0.4 is 10.2 Å². The molecule has 0 bridgehead atoms. The first-order chi connectivity index (χ1) is 8.27. The molecule has 1 unspecified atom stereocenters. The number of carbonyl (C=O) groups excluding carboxylic acids is 4. The summed E-state index contributed by atoms with van der Waals surface area (Å²) in [6, 6.07) is 0. The molecule has 1 atom stereocenters.